The molecule has 0 bridgehead atoms. The van der Waals surface area contributed by atoms with Crippen LogP contribution in [0.25, 0.3) is 0 Å². The smallest absolute Gasteiger partial charge is 0.272 e. The van der Waals surface area contributed by atoms with Crippen LogP contribution in [-0.2, 0) is 0 Å². The molecule has 1 aliphatic rings. The highest BCUT2D eigenvalue weighted by Crippen LogP contribution is 2.22. The van der Waals surface area contributed by atoms with Crippen molar-refractivity contribution < 1.29 is 4.79 Å². The van der Waals surface area contributed by atoms with Crippen LogP contribution < -0.4 is 5.32 Å². The minimum absolute atomic E-state index is 0.0460. The Morgan fingerprint density at radius 3 is 2.86 bits per heavy atom. The van der Waals surface area contributed by atoms with Crippen molar-refractivity contribution in [1.82, 2.24) is 14.9 Å². The number of piperidine rings is 1. The molecule has 1 aliphatic heterocycles. The first-order valence-corrected chi connectivity index (χ1v) is 8.41. The van der Waals surface area contributed by atoms with E-state index in [-0.39, 0.29) is 5.91 Å². The molecule has 0 spiro atoms. The van der Waals surface area contributed by atoms with E-state index in [1.54, 1.807) is 6.07 Å². The molecule has 2 heterocycles. The lowest BCUT2D eigenvalue weighted by Gasteiger charge is -2.35. The van der Waals surface area contributed by atoms with E-state index >= 15 is 0 Å². The fourth-order valence-electron chi connectivity index (χ4n) is 2.92. The summed E-state index contributed by atoms with van der Waals surface area (Å²) < 4.78 is 0. The third-order valence-corrected chi connectivity index (χ3v) is 4.11. The highest BCUT2D eigenvalue weighted by atomic mass is 16.2. The van der Waals surface area contributed by atoms with Gasteiger partial charge in [0.05, 0.1) is 0 Å². The number of hydrogen-bond acceptors (Lipinski definition) is 4. The quantitative estimate of drug-likeness (QED) is 0.907. The minimum Gasteiger partial charge on any atom is -0.370 e. The van der Waals surface area contributed by atoms with Crippen molar-refractivity contribution in [2.75, 3.05) is 18.4 Å². The lowest BCUT2D eigenvalue weighted by Crippen LogP contribution is -2.43. The molecule has 2 rings (SSSR count). The standard InChI is InChI=1S/C17H28N4O/c1-5-14-8-6-7-9-21(14)17(22)15-10-16(18-11-12(2)3)20-13(4)19-15/h10,12,14H,5-9,11H2,1-4H3,(H,18,19,20). The molecule has 0 radical (unpaired) electrons. The van der Waals surface area contributed by atoms with Crippen molar-refractivity contribution in [1.29, 1.82) is 0 Å². The molecule has 122 valence electrons. The van der Waals surface area contributed by atoms with E-state index in [9.17, 15) is 4.79 Å². The summed E-state index contributed by atoms with van der Waals surface area (Å²) in [6, 6.07) is 2.14. The number of nitrogens with one attached hydrogen (secondary N) is 1. The number of anilines is 1. The fourth-order valence-corrected chi connectivity index (χ4v) is 2.92. The van der Waals surface area contributed by atoms with Gasteiger partial charge in [-0.15, -0.1) is 0 Å². The molecule has 1 fully saturated rings. The lowest BCUT2D eigenvalue weighted by atomic mass is 9.99. The van der Waals surface area contributed by atoms with E-state index in [2.05, 4.69) is 36.1 Å². The summed E-state index contributed by atoms with van der Waals surface area (Å²) in [5.74, 6) is 1.96. The predicted molar refractivity (Wildman–Crippen MR) is 89.1 cm³/mol. The van der Waals surface area contributed by atoms with Crippen LogP contribution in [0.5, 0.6) is 0 Å². The Morgan fingerprint density at radius 1 is 1.41 bits per heavy atom. The molecule has 0 saturated carbocycles. The van der Waals surface area contributed by atoms with Crippen LogP contribution in [-0.4, -0.2) is 39.9 Å². The summed E-state index contributed by atoms with van der Waals surface area (Å²) in [6.07, 6.45) is 4.41. The van der Waals surface area contributed by atoms with Gasteiger partial charge in [0.2, 0.25) is 0 Å². The maximum absolute atomic E-state index is 12.8. The zero-order valence-electron chi connectivity index (χ0n) is 14.2. The van der Waals surface area contributed by atoms with Crippen LogP contribution in [0.15, 0.2) is 6.07 Å². The van der Waals surface area contributed by atoms with Gasteiger partial charge in [0.15, 0.2) is 0 Å². The first-order valence-electron chi connectivity index (χ1n) is 8.41. The van der Waals surface area contributed by atoms with Crippen LogP contribution in [0, 0.1) is 12.8 Å². The fraction of sp³-hybridized carbons (Fsp3) is 0.706. The molecule has 22 heavy (non-hydrogen) atoms. The molecule has 1 aromatic rings. The van der Waals surface area contributed by atoms with E-state index in [1.807, 2.05) is 11.8 Å². The summed E-state index contributed by atoms with van der Waals surface area (Å²) in [6.45, 7) is 9.96. The number of carbonyl (C=O) groups excluding carboxylic acids is 1. The van der Waals surface area contributed by atoms with Crippen molar-refractivity contribution in [3.8, 4) is 0 Å². The average molecular weight is 304 g/mol. The third-order valence-electron chi connectivity index (χ3n) is 4.11. The monoisotopic (exact) mass is 304 g/mol. The number of aromatic nitrogens is 2. The summed E-state index contributed by atoms with van der Waals surface area (Å²) in [7, 11) is 0. The summed E-state index contributed by atoms with van der Waals surface area (Å²) in [5, 5.41) is 3.29. The van der Waals surface area contributed by atoms with E-state index in [1.165, 1.54) is 6.42 Å². The molecule has 1 N–H and O–H groups in total. The Labute approximate surface area is 133 Å². The highest BCUT2D eigenvalue weighted by molar-refractivity contribution is 5.93. The Morgan fingerprint density at radius 2 is 2.18 bits per heavy atom. The Bertz CT molecular complexity index is 515. The Kier molecular flexibility index (Phi) is 5.75. The van der Waals surface area contributed by atoms with Crippen molar-refractivity contribution in [3.63, 3.8) is 0 Å². The summed E-state index contributed by atoms with van der Waals surface area (Å²) >= 11 is 0. The van der Waals surface area contributed by atoms with Crippen molar-refractivity contribution in [2.24, 2.45) is 5.92 Å². The SMILES string of the molecule is CCC1CCCCN1C(=O)c1cc(NCC(C)C)nc(C)n1. The van der Waals surface area contributed by atoms with Gasteiger partial charge in [0, 0.05) is 25.2 Å². The van der Waals surface area contributed by atoms with Gasteiger partial charge in [0.1, 0.15) is 17.3 Å². The molecule has 1 unspecified atom stereocenters. The van der Waals surface area contributed by atoms with Gasteiger partial charge in [-0.3, -0.25) is 4.79 Å². The van der Waals surface area contributed by atoms with E-state index in [0.29, 0.717) is 23.5 Å². The summed E-state index contributed by atoms with van der Waals surface area (Å²) in [5.41, 5.74) is 0.513. The van der Waals surface area contributed by atoms with E-state index in [0.717, 1.165) is 38.2 Å². The zero-order valence-corrected chi connectivity index (χ0v) is 14.2. The number of nitrogens with zero attached hydrogens (tertiary/aromatic N) is 3. The first kappa shape index (κ1) is 16.7. The van der Waals surface area contributed by atoms with Crippen LogP contribution in [0.2, 0.25) is 0 Å². The average Bonchev–Trinajstić information content (AvgIpc) is 2.51. The van der Waals surface area contributed by atoms with Gasteiger partial charge in [-0.1, -0.05) is 20.8 Å². The maximum Gasteiger partial charge on any atom is 0.272 e. The second kappa shape index (κ2) is 7.56. The number of amides is 1. The van der Waals surface area contributed by atoms with Crippen LogP contribution >= 0.6 is 0 Å². The molecule has 1 atom stereocenters. The molecule has 5 nitrogen and oxygen atoms in total. The predicted octanol–water partition coefficient (Wildman–Crippen LogP) is 3.26. The van der Waals surface area contributed by atoms with E-state index < -0.39 is 0 Å². The highest BCUT2D eigenvalue weighted by Gasteiger charge is 2.27. The molecular formula is C17H28N4O. The van der Waals surface area contributed by atoms with Crippen molar-refractivity contribution in [2.45, 2.75) is 59.4 Å². The van der Waals surface area contributed by atoms with Crippen molar-refractivity contribution >= 4 is 11.7 Å². The number of likely N-dealkylation sites (tertiary alicyclic amines) is 1. The lowest BCUT2D eigenvalue weighted by molar-refractivity contribution is 0.0601. The summed E-state index contributed by atoms with van der Waals surface area (Å²) in [4.78, 5) is 23.6. The third kappa shape index (κ3) is 4.18. The molecule has 0 aliphatic carbocycles. The first-order chi connectivity index (χ1) is 10.5. The van der Waals surface area contributed by atoms with Crippen molar-refractivity contribution in [3.05, 3.63) is 17.6 Å². The maximum atomic E-state index is 12.8. The van der Waals surface area contributed by atoms with Gasteiger partial charge in [-0.25, -0.2) is 9.97 Å². The van der Waals surface area contributed by atoms with Gasteiger partial charge in [-0.2, -0.15) is 0 Å². The van der Waals surface area contributed by atoms with E-state index in [4.69, 9.17) is 0 Å². The number of rotatable bonds is 5. The normalized spacial score (nSPS) is 18.6. The molecule has 5 heteroatoms. The topological polar surface area (TPSA) is 58.1 Å². The Hall–Kier alpha value is -1.65. The molecule has 1 amide bonds. The number of hydrogen-bond donors (Lipinski definition) is 1. The van der Waals surface area contributed by atoms with Crippen LogP contribution in [0.1, 0.15) is 62.8 Å². The van der Waals surface area contributed by atoms with Crippen LogP contribution in [0.4, 0.5) is 5.82 Å². The number of carbonyl (C=O) groups is 1. The second-order valence-electron chi connectivity index (χ2n) is 6.52. The molecule has 1 aromatic heterocycles. The number of aryl methyl sites for hydroxylation is 1. The van der Waals surface area contributed by atoms with Gasteiger partial charge < -0.3 is 10.2 Å². The zero-order chi connectivity index (χ0) is 16.1. The second-order valence-corrected chi connectivity index (χ2v) is 6.52. The van der Waals surface area contributed by atoms with Gasteiger partial charge in [0.25, 0.3) is 5.91 Å². The minimum atomic E-state index is 0.0460. The molecule has 1 saturated heterocycles. The largest absolute Gasteiger partial charge is 0.370 e. The van der Waals surface area contributed by atoms with Crippen LogP contribution in [0.3, 0.4) is 0 Å². The molecule has 0 aromatic carbocycles. The van der Waals surface area contributed by atoms with Gasteiger partial charge in [-0.05, 0) is 38.5 Å². The molecular weight excluding hydrogens is 276 g/mol. The van der Waals surface area contributed by atoms with Gasteiger partial charge >= 0.3 is 0 Å². The Balaban J connectivity index is 2.17.